The molecule has 1 aliphatic rings. The van der Waals surface area contributed by atoms with Crippen molar-refractivity contribution in [2.45, 2.75) is 143 Å². The van der Waals surface area contributed by atoms with Crippen LogP contribution in [0.2, 0.25) is 6.04 Å². The maximum absolute atomic E-state index is 12.7. The van der Waals surface area contributed by atoms with Crippen LogP contribution in [-0.2, 0) is 24.5 Å². The molecule has 1 unspecified atom stereocenters. The Labute approximate surface area is 303 Å². The van der Waals surface area contributed by atoms with Gasteiger partial charge in [-0.25, -0.2) is 0 Å². The number of ether oxygens (including phenoxy) is 2. The van der Waals surface area contributed by atoms with Crippen LogP contribution in [0.15, 0.2) is 52.7 Å². The van der Waals surface area contributed by atoms with Crippen LogP contribution in [0.4, 0.5) is 11.4 Å². The lowest BCUT2D eigenvalue weighted by Crippen LogP contribution is -2.49. The summed E-state index contributed by atoms with van der Waals surface area (Å²) in [6.45, 7) is 12.3. The highest BCUT2D eigenvalue weighted by molar-refractivity contribution is 6.60. The molecule has 2 aromatic rings. The van der Waals surface area contributed by atoms with E-state index in [1.165, 1.54) is 50.5 Å². The standard InChI is InChI=1S/C40H65N3O6Si/c1-6-10-12-15-20-34-23-25-36(26-24-34)42-43-38-28-27-37(45-30-18-13-11-7-2)32-39(38)48-33(5)49-50(46-8-3,47-9-4)31-19-29-41-40(44)35-21-16-14-17-22-35/h23-28,32-33,35H,6-22,29-31H2,1-5H3,(H,41,44). The van der Waals surface area contributed by atoms with Gasteiger partial charge in [0.25, 0.3) is 0 Å². The Hall–Kier alpha value is -2.79. The number of hydrogen-bond donors (Lipinski definition) is 1. The Bertz CT molecular complexity index is 1230. The van der Waals surface area contributed by atoms with Crippen LogP contribution in [0.5, 0.6) is 11.5 Å². The lowest BCUT2D eigenvalue weighted by atomic mass is 9.89. The molecule has 9 nitrogen and oxygen atoms in total. The summed E-state index contributed by atoms with van der Waals surface area (Å²) < 4.78 is 31.5. The molecular weight excluding hydrogens is 647 g/mol. The van der Waals surface area contributed by atoms with Gasteiger partial charge < -0.3 is 28.1 Å². The monoisotopic (exact) mass is 711 g/mol. The highest BCUT2D eigenvalue weighted by Crippen LogP contribution is 2.35. The zero-order chi connectivity index (χ0) is 35.9. The minimum atomic E-state index is -3.14. The summed E-state index contributed by atoms with van der Waals surface area (Å²) >= 11 is 0. The molecule has 0 bridgehead atoms. The summed E-state index contributed by atoms with van der Waals surface area (Å²) in [5.74, 6) is 1.52. The van der Waals surface area contributed by atoms with Crippen molar-refractivity contribution >= 4 is 26.1 Å². The van der Waals surface area contributed by atoms with Crippen LogP contribution >= 0.6 is 0 Å². The van der Waals surface area contributed by atoms with Gasteiger partial charge in [0.05, 0.1) is 12.3 Å². The molecule has 3 rings (SSSR count). The second kappa shape index (κ2) is 24.4. The molecule has 50 heavy (non-hydrogen) atoms. The summed E-state index contributed by atoms with van der Waals surface area (Å²) in [6.07, 6.45) is 16.1. The Morgan fingerprint density at radius 2 is 1.54 bits per heavy atom. The number of carbonyl (C=O) groups excluding carboxylic acids is 1. The fraction of sp³-hybridized carbons (Fsp3) is 0.675. The first-order chi connectivity index (χ1) is 24.4. The van der Waals surface area contributed by atoms with Crippen molar-refractivity contribution in [3.8, 4) is 11.5 Å². The van der Waals surface area contributed by atoms with Crippen LogP contribution in [0.25, 0.3) is 0 Å². The Balaban J connectivity index is 1.70. The first-order valence-corrected chi connectivity index (χ1v) is 21.5. The molecule has 1 atom stereocenters. The fourth-order valence-electron chi connectivity index (χ4n) is 6.31. The number of unbranched alkanes of at least 4 members (excludes halogenated alkanes) is 6. The second-order valence-electron chi connectivity index (χ2n) is 13.3. The lowest BCUT2D eigenvalue weighted by Gasteiger charge is -2.32. The van der Waals surface area contributed by atoms with E-state index in [0.717, 1.165) is 50.6 Å². The number of azo groups is 1. The van der Waals surface area contributed by atoms with E-state index in [-0.39, 0.29) is 11.8 Å². The SMILES string of the molecule is CCCCCCOc1ccc(N=Nc2ccc(CCCCCC)cc2)c(OC(C)O[Si](CCCNC(=O)C2CCCCC2)(OCC)OCC)c1. The van der Waals surface area contributed by atoms with Crippen LogP contribution in [0.1, 0.15) is 130 Å². The fourth-order valence-corrected chi connectivity index (χ4v) is 8.98. The Morgan fingerprint density at radius 3 is 2.22 bits per heavy atom. The molecule has 280 valence electrons. The second-order valence-corrected chi connectivity index (χ2v) is 16.0. The van der Waals surface area contributed by atoms with E-state index in [1.807, 2.05) is 51.1 Å². The van der Waals surface area contributed by atoms with E-state index in [9.17, 15) is 4.79 Å². The predicted molar refractivity (Wildman–Crippen MR) is 204 cm³/mol. The molecule has 1 N–H and O–H groups in total. The molecule has 1 saturated carbocycles. The third kappa shape index (κ3) is 15.6. The number of nitrogens with zero attached hydrogens (tertiary/aromatic N) is 2. The highest BCUT2D eigenvalue weighted by atomic mass is 28.4. The molecule has 1 amide bonds. The average Bonchev–Trinajstić information content (AvgIpc) is 3.12. The van der Waals surface area contributed by atoms with Crippen molar-refractivity contribution < 1.29 is 27.5 Å². The summed E-state index contributed by atoms with van der Waals surface area (Å²) in [5.41, 5.74) is 2.68. The van der Waals surface area contributed by atoms with E-state index in [4.69, 9.17) is 22.8 Å². The van der Waals surface area contributed by atoms with Crippen molar-refractivity contribution in [1.82, 2.24) is 5.32 Å². The number of rotatable bonds is 26. The summed E-state index contributed by atoms with van der Waals surface area (Å²) in [7, 11) is -3.14. The molecule has 0 aromatic heterocycles. The first kappa shape index (κ1) is 41.6. The molecule has 0 heterocycles. The van der Waals surface area contributed by atoms with Crippen molar-refractivity contribution in [2.75, 3.05) is 26.4 Å². The van der Waals surface area contributed by atoms with Crippen LogP contribution in [0.3, 0.4) is 0 Å². The van der Waals surface area contributed by atoms with E-state index in [2.05, 4.69) is 41.5 Å². The van der Waals surface area contributed by atoms with E-state index in [0.29, 0.717) is 56.0 Å². The number of amides is 1. The average molecular weight is 712 g/mol. The van der Waals surface area contributed by atoms with Crippen molar-refractivity contribution in [3.05, 3.63) is 48.0 Å². The molecule has 0 aliphatic heterocycles. The van der Waals surface area contributed by atoms with Gasteiger partial charge in [0.15, 0.2) is 12.0 Å². The highest BCUT2D eigenvalue weighted by Gasteiger charge is 2.42. The van der Waals surface area contributed by atoms with Crippen molar-refractivity contribution in [3.63, 3.8) is 0 Å². The third-order valence-electron chi connectivity index (χ3n) is 9.03. The van der Waals surface area contributed by atoms with E-state index < -0.39 is 15.1 Å². The minimum Gasteiger partial charge on any atom is -0.493 e. The maximum Gasteiger partial charge on any atom is 0.503 e. The topological polar surface area (TPSA) is 100.0 Å². The smallest absolute Gasteiger partial charge is 0.493 e. The zero-order valence-corrected chi connectivity index (χ0v) is 32.7. The molecule has 10 heteroatoms. The summed E-state index contributed by atoms with van der Waals surface area (Å²) in [5, 5.41) is 12.3. The quantitative estimate of drug-likeness (QED) is 0.0451. The van der Waals surface area contributed by atoms with E-state index in [1.54, 1.807) is 0 Å². The largest absolute Gasteiger partial charge is 0.503 e. The van der Waals surface area contributed by atoms with Crippen LogP contribution < -0.4 is 14.8 Å². The van der Waals surface area contributed by atoms with Gasteiger partial charge in [-0.05, 0) is 89.1 Å². The molecule has 2 aromatic carbocycles. The first-order valence-electron chi connectivity index (χ1n) is 19.6. The number of carbonyl (C=O) groups is 1. The number of nitrogens with one attached hydrogen (secondary N) is 1. The molecule has 0 saturated heterocycles. The molecule has 1 aliphatic carbocycles. The molecular formula is C40H65N3O6Si. The number of aryl methyl sites for hydroxylation is 1. The molecule has 0 radical (unpaired) electrons. The number of hydrogen-bond acceptors (Lipinski definition) is 8. The van der Waals surface area contributed by atoms with Gasteiger partial charge in [-0.1, -0.05) is 83.8 Å². The Morgan fingerprint density at radius 1 is 0.840 bits per heavy atom. The van der Waals surface area contributed by atoms with Crippen LogP contribution in [-0.4, -0.2) is 47.4 Å². The summed E-state index contributed by atoms with van der Waals surface area (Å²) in [6, 6.07) is 14.5. The van der Waals surface area contributed by atoms with Crippen molar-refractivity contribution in [1.29, 1.82) is 0 Å². The molecule has 0 spiro atoms. The normalized spacial score (nSPS) is 14.6. The predicted octanol–water partition coefficient (Wildman–Crippen LogP) is 11.0. The third-order valence-corrected chi connectivity index (χ3v) is 12.1. The maximum atomic E-state index is 12.7. The number of benzene rings is 2. The van der Waals surface area contributed by atoms with Gasteiger partial charge in [0.2, 0.25) is 5.91 Å². The van der Waals surface area contributed by atoms with Gasteiger partial charge >= 0.3 is 8.80 Å². The van der Waals surface area contributed by atoms with Gasteiger partial charge in [0, 0.05) is 37.8 Å². The van der Waals surface area contributed by atoms with Gasteiger partial charge in [0.1, 0.15) is 11.4 Å². The van der Waals surface area contributed by atoms with Gasteiger partial charge in [-0.2, -0.15) is 5.11 Å². The Kier molecular flexibility index (Phi) is 20.3. The van der Waals surface area contributed by atoms with Gasteiger partial charge in [-0.15, -0.1) is 5.11 Å². The van der Waals surface area contributed by atoms with Gasteiger partial charge in [-0.3, -0.25) is 4.79 Å². The molecule has 1 fully saturated rings. The van der Waals surface area contributed by atoms with E-state index >= 15 is 0 Å². The zero-order valence-electron chi connectivity index (χ0n) is 31.7. The summed E-state index contributed by atoms with van der Waals surface area (Å²) in [4.78, 5) is 12.7. The van der Waals surface area contributed by atoms with Crippen molar-refractivity contribution in [2.24, 2.45) is 16.1 Å². The minimum absolute atomic E-state index is 0.135. The van der Waals surface area contributed by atoms with Crippen LogP contribution in [0, 0.1) is 5.92 Å². The lowest BCUT2D eigenvalue weighted by molar-refractivity contribution is -0.125.